The molecule has 0 unspecified atom stereocenters. The number of alkyl halides is 1. The van der Waals surface area contributed by atoms with Crippen molar-refractivity contribution in [2.45, 2.75) is 0 Å². The number of nitrogens with zero attached hydrogens (tertiary/aromatic N) is 2. The fourth-order valence-corrected chi connectivity index (χ4v) is 0.594. The summed E-state index contributed by atoms with van der Waals surface area (Å²) in [6, 6.07) is 0. The Labute approximate surface area is 70.0 Å². The molecule has 0 aromatic carbocycles. The highest BCUT2D eigenvalue weighted by molar-refractivity contribution is 4.91. The minimum Gasteiger partial charge on any atom is -0.364 e. The Morgan fingerprint density at radius 2 is 2.33 bits per heavy atom. The molecule has 0 aromatic rings. The van der Waals surface area contributed by atoms with Gasteiger partial charge in [0.1, 0.15) is 6.67 Å². The fourth-order valence-electron chi connectivity index (χ4n) is 0.594. The second-order valence-electron chi connectivity index (χ2n) is 2.31. The molecule has 0 aliphatic rings. The Morgan fingerprint density at radius 1 is 1.75 bits per heavy atom. The Bertz CT molecular complexity index is 182. The summed E-state index contributed by atoms with van der Waals surface area (Å²) < 4.78 is 11.7. The minimum absolute atomic E-state index is 0.0812. The lowest BCUT2D eigenvalue weighted by molar-refractivity contribution is -0.404. The van der Waals surface area contributed by atoms with E-state index < -0.39 is 11.6 Å². The van der Waals surface area contributed by atoms with Crippen molar-refractivity contribution >= 4 is 0 Å². The maximum Gasteiger partial charge on any atom is 0.274 e. The van der Waals surface area contributed by atoms with Crippen molar-refractivity contribution in [2.75, 3.05) is 27.3 Å². The van der Waals surface area contributed by atoms with E-state index in [1.54, 1.807) is 14.1 Å². The molecule has 0 aliphatic carbocycles. The molecule has 5 nitrogen and oxygen atoms in total. The lowest BCUT2D eigenvalue weighted by Crippen LogP contribution is -2.27. The van der Waals surface area contributed by atoms with Gasteiger partial charge in [0.05, 0.1) is 4.92 Å². The number of nitrogens with one attached hydrogen (secondary N) is 1. The molecule has 0 heterocycles. The lowest BCUT2D eigenvalue weighted by Gasteiger charge is -2.14. The first-order valence-electron chi connectivity index (χ1n) is 3.40. The second kappa shape index (κ2) is 5.34. The molecule has 0 rings (SSSR count). The van der Waals surface area contributed by atoms with E-state index in [0.717, 1.165) is 6.20 Å². The van der Waals surface area contributed by atoms with Crippen LogP contribution in [-0.2, 0) is 0 Å². The molecule has 70 valence electrons. The average molecular weight is 177 g/mol. The number of hydrogen-bond acceptors (Lipinski definition) is 4. The molecule has 0 fully saturated rings. The first kappa shape index (κ1) is 10.7. The van der Waals surface area contributed by atoms with Gasteiger partial charge in [-0.15, -0.1) is 0 Å². The van der Waals surface area contributed by atoms with Crippen molar-refractivity contribution in [2.24, 2.45) is 0 Å². The molecule has 12 heavy (non-hydrogen) atoms. The van der Waals surface area contributed by atoms with Gasteiger partial charge in [-0.3, -0.25) is 10.1 Å². The van der Waals surface area contributed by atoms with Gasteiger partial charge < -0.3 is 10.2 Å². The fraction of sp³-hybridized carbons (Fsp3) is 0.667. The molecule has 0 aliphatic heterocycles. The molecule has 0 aromatic heterocycles. The highest BCUT2D eigenvalue weighted by Crippen LogP contribution is 1.92. The monoisotopic (exact) mass is 177 g/mol. The van der Waals surface area contributed by atoms with Gasteiger partial charge in [0, 0.05) is 20.6 Å². The van der Waals surface area contributed by atoms with Gasteiger partial charge in [0.2, 0.25) is 0 Å². The van der Waals surface area contributed by atoms with E-state index in [2.05, 4.69) is 5.32 Å². The maximum absolute atomic E-state index is 11.7. The summed E-state index contributed by atoms with van der Waals surface area (Å²) in [4.78, 5) is 11.0. The largest absolute Gasteiger partial charge is 0.364 e. The second-order valence-corrected chi connectivity index (χ2v) is 2.31. The highest BCUT2D eigenvalue weighted by atomic mass is 19.1. The first-order valence-corrected chi connectivity index (χ1v) is 3.40. The molecule has 1 N–H and O–H groups in total. The van der Waals surface area contributed by atoms with Gasteiger partial charge in [-0.1, -0.05) is 0 Å². The Kier molecular flexibility index (Phi) is 4.75. The zero-order valence-electron chi connectivity index (χ0n) is 7.08. The third-order valence-electron chi connectivity index (χ3n) is 1.11. The normalized spacial score (nSPS) is 11.1. The number of nitro groups is 1. The number of hydrogen-bond donors (Lipinski definition) is 1. The Morgan fingerprint density at radius 3 is 2.67 bits per heavy atom. The van der Waals surface area contributed by atoms with Crippen molar-refractivity contribution in [1.29, 1.82) is 0 Å². The molecule has 6 heteroatoms. The summed E-state index contributed by atoms with van der Waals surface area (Å²) >= 11 is 0. The topological polar surface area (TPSA) is 58.4 Å². The molecule has 0 amide bonds. The summed E-state index contributed by atoms with van der Waals surface area (Å²) in [6.07, 6.45) is 0.801. The summed E-state index contributed by atoms with van der Waals surface area (Å²) in [7, 11) is 3.28. The van der Waals surface area contributed by atoms with E-state index in [4.69, 9.17) is 0 Å². The van der Waals surface area contributed by atoms with Crippen LogP contribution in [0.3, 0.4) is 0 Å². The van der Waals surface area contributed by atoms with E-state index in [-0.39, 0.29) is 12.4 Å². The van der Waals surface area contributed by atoms with Gasteiger partial charge in [-0.05, 0) is 0 Å². The van der Waals surface area contributed by atoms with E-state index in [0.29, 0.717) is 0 Å². The quantitative estimate of drug-likeness (QED) is 0.481. The zero-order valence-corrected chi connectivity index (χ0v) is 7.08. The molecule has 0 radical (unpaired) electrons. The van der Waals surface area contributed by atoms with Crippen molar-refractivity contribution < 1.29 is 9.31 Å². The number of rotatable bonds is 5. The molecule has 0 saturated heterocycles. The van der Waals surface area contributed by atoms with Crippen LogP contribution in [0.4, 0.5) is 4.39 Å². The van der Waals surface area contributed by atoms with Crippen molar-refractivity contribution in [3.05, 3.63) is 22.1 Å². The Balaban J connectivity index is 4.13. The average Bonchev–Trinajstić information content (AvgIpc) is 1.96. The summed E-state index contributed by atoms with van der Waals surface area (Å²) in [5.41, 5.74) is 0. The van der Waals surface area contributed by atoms with Crippen LogP contribution in [0.2, 0.25) is 0 Å². The molecule has 0 atom stereocenters. The van der Waals surface area contributed by atoms with Gasteiger partial charge >= 0.3 is 0 Å². The summed E-state index contributed by atoms with van der Waals surface area (Å²) in [6.45, 7) is -0.471. The SMILES string of the molecule is CN(C)/C(=C\[N+](=O)[O-])NCCF. The lowest BCUT2D eigenvalue weighted by atomic mass is 10.6. The van der Waals surface area contributed by atoms with Crippen LogP contribution in [0, 0.1) is 10.1 Å². The van der Waals surface area contributed by atoms with Crippen LogP contribution in [0.1, 0.15) is 0 Å². The molecular weight excluding hydrogens is 165 g/mol. The van der Waals surface area contributed by atoms with Crippen LogP contribution in [0.5, 0.6) is 0 Å². The van der Waals surface area contributed by atoms with Crippen LogP contribution in [0.15, 0.2) is 12.0 Å². The van der Waals surface area contributed by atoms with E-state index in [1.807, 2.05) is 0 Å². The molecule has 0 bridgehead atoms. The van der Waals surface area contributed by atoms with Crippen LogP contribution in [-0.4, -0.2) is 37.1 Å². The van der Waals surface area contributed by atoms with Gasteiger partial charge in [0.15, 0.2) is 5.82 Å². The third-order valence-corrected chi connectivity index (χ3v) is 1.11. The van der Waals surface area contributed by atoms with Crippen molar-refractivity contribution in [3.63, 3.8) is 0 Å². The van der Waals surface area contributed by atoms with Gasteiger partial charge in [-0.25, -0.2) is 4.39 Å². The van der Waals surface area contributed by atoms with Gasteiger partial charge in [0.25, 0.3) is 6.20 Å². The van der Waals surface area contributed by atoms with E-state index in [1.165, 1.54) is 4.90 Å². The van der Waals surface area contributed by atoms with E-state index in [9.17, 15) is 14.5 Å². The zero-order chi connectivity index (χ0) is 9.56. The smallest absolute Gasteiger partial charge is 0.274 e. The van der Waals surface area contributed by atoms with Gasteiger partial charge in [-0.2, -0.15) is 0 Å². The van der Waals surface area contributed by atoms with Crippen LogP contribution < -0.4 is 5.32 Å². The Hall–Kier alpha value is -1.33. The standard InChI is InChI=1S/C6H12FN3O2/c1-9(2)6(5-10(11)12)8-4-3-7/h5,8H,3-4H2,1-2H3/b6-5-. The summed E-state index contributed by atoms with van der Waals surface area (Å²) in [5, 5.41) is 12.6. The van der Waals surface area contributed by atoms with Crippen molar-refractivity contribution in [3.8, 4) is 0 Å². The highest BCUT2D eigenvalue weighted by Gasteiger charge is 2.03. The third kappa shape index (κ3) is 4.48. The van der Waals surface area contributed by atoms with Crippen molar-refractivity contribution in [1.82, 2.24) is 10.2 Å². The molecule has 0 saturated carbocycles. The van der Waals surface area contributed by atoms with Crippen LogP contribution >= 0.6 is 0 Å². The minimum atomic E-state index is -0.583. The van der Waals surface area contributed by atoms with E-state index >= 15 is 0 Å². The maximum atomic E-state index is 11.7. The molecular formula is C6H12FN3O2. The van der Waals surface area contributed by atoms with Crippen LogP contribution in [0.25, 0.3) is 0 Å². The number of halogens is 1. The predicted molar refractivity (Wildman–Crippen MR) is 42.7 cm³/mol. The first-order chi connectivity index (χ1) is 5.57. The summed E-state index contributed by atoms with van der Waals surface area (Å²) in [5.74, 6) is 0.289. The predicted octanol–water partition coefficient (Wildman–Crippen LogP) is 0.183. The molecule has 0 spiro atoms.